The van der Waals surface area contributed by atoms with Gasteiger partial charge in [0.25, 0.3) is 5.91 Å². The number of amides is 2. The lowest BCUT2D eigenvalue weighted by molar-refractivity contribution is -0.115. The number of hydrogen-bond donors (Lipinski definition) is 1. The molecule has 0 aliphatic carbocycles. The first-order valence-electron chi connectivity index (χ1n) is 6.80. The molecular formula is C14H16N2O4S. The predicted molar refractivity (Wildman–Crippen MR) is 77.9 cm³/mol. The van der Waals surface area contributed by atoms with Crippen LogP contribution in [0.3, 0.4) is 0 Å². The molecule has 1 aromatic carbocycles. The van der Waals surface area contributed by atoms with Crippen molar-refractivity contribution in [3.8, 4) is 0 Å². The zero-order valence-corrected chi connectivity index (χ0v) is 12.4. The van der Waals surface area contributed by atoms with Crippen LogP contribution in [-0.2, 0) is 21.1 Å². The van der Waals surface area contributed by atoms with Crippen molar-refractivity contribution in [2.24, 2.45) is 0 Å². The van der Waals surface area contributed by atoms with Crippen molar-refractivity contribution in [3.05, 3.63) is 29.3 Å². The van der Waals surface area contributed by atoms with Crippen LogP contribution in [-0.4, -0.2) is 49.2 Å². The Labute approximate surface area is 123 Å². The standard InChI is InChI=1S/C14H16N2O4S/c1-9-8-21(19,20)5-4-16(9)14(18)11-3-2-10-7-13(17)15-12(10)6-11/h2-3,6,9H,4-5,7-8H2,1H3,(H,15,17). The van der Waals surface area contributed by atoms with E-state index >= 15 is 0 Å². The monoisotopic (exact) mass is 308 g/mol. The van der Waals surface area contributed by atoms with E-state index in [2.05, 4.69) is 5.32 Å². The van der Waals surface area contributed by atoms with Gasteiger partial charge in [-0.05, 0) is 24.6 Å². The normalized spacial score (nSPS) is 23.6. The minimum Gasteiger partial charge on any atom is -0.334 e. The fourth-order valence-corrected chi connectivity index (χ4v) is 4.37. The second-order valence-electron chi connectivity index (χ2n) is 5.56. The average Bonchev–Trinajstić information content (AvgIpc) is 2.76. The Hall–Kier alpha value is -1.89. The molecular weight excluding hydrogens is 292 g/mol. The average molecular weight is 308 g/mol. The van der Waals surface area contributed by atoms with Crippen LogP contribution in [0, 0.1) is 0 Å². The maximum absolute atomic E-state index is 12.5. The first-order valence-corrected chi connectivity index (χ1v) is 8.62. The van der Waals surface area contributed by atoms with Crippen LogP contribution >= 0.6 is 0 Å². The first-order chi connectivity index (χ1) is 9.85. The number of carbonyl (C=O) groups is 2. The molecule has 1 fully saturated rings. The minimum absolute atomic E-state index is 0.000413. The van der Waals surface area contributed by atoms with Crippen LogP contribution in [0.4, 0.5) is 5.69 Å². The summed E-state index contributed by atoms with van der Waals surface area (Å²) >= 11 is 0. The second kappa shape index (κ2) is 4.84. The lowest BCUT2D eigenvalue weighted by Gasteiger charge is -2.33. The number of rotatable bonds is 1. The van der Waals surface area contributed by atoms with Gasteiger partial charge in [0.2, 0.25) is 5.91 Å². The number of benzene rings is 1. The van der Waals surface area contributed by atoms with Gasteiger partial charge < -0.3 is 10.2 Å². The Morgan fingerprint density at radius 3 is 2.86 bits per heavy atom. The largest absolute Gasteiger partial charge is 0.334 e. The Morgan fingerprint density at radius 2 is 2.14 bits per heavy atom. The quantitative estimate of drug-likeness (QED) is 0.816. The van der Waals surface area contributed by atoms with Crippen molar-refractivity contribution in [1.29, 1.82) is 0 Å². The topological polar surface area (TPSA) is 83.6 Å². The second-order valence-corrected chi connectivity index (χ2v) is 7.79. The molecule has 2 aliphatic heterocycles. The van der Waals surface area contributed by atoms with E-state index in [1.807, 2.05) is 0 Å². The molecule has 2 heterocycles. The highest BCUT2D eigenvalue weighted by atomic mass is 32.2. The molecule has 1 saturated heterocycles. The van der Waals surface area contributed by atoms with Gasteiger partial charge in [0.1, 0.15) is 0 Å². The number of carbonyl (C=O) groups excluding carboxylic acids is 2. The third-order valence-electron chi connectivity index (χ3n) is 3.91. The summed E-state index contributed by atoms with van der Waals surface area (Å²) in [6, 6.07) is 4.79. The Balaban J connectivity index is 1.83. The van der Waals surface area contributed by atoms with Crippen molar-refractivity contribution >= 4 is 27.3 Å². The molecule has 1 N–H and O–H groups in total. The summed E-state index contributed by atoms with van der Waals surface area (Å²) in [7, 11) is -3.05. The molecule has 2 aliphatic rings. The highest BCUT2D eigenvalue weighted by Gasteiger charge is 2.32. The smallest absolute Gasteiger partial charge is 0.254 e. The van der Waals surface area contributed by atoms with Gasteiger partial charge in [-0.15, -0.1) is 0 Å². The summed E-state index contributed by atoms with van der Waals surface area (Å²) in [6.07, 6.45) is 0.335. The zero-order chi connectivity index (χ0) is 15.2. The Bertz CT molecular complexity index is 726. The van der Waals surface area contributed by atoms with E-state index in [1.165, 1.54) is 0 Å². The highest BCUT2D eigenvalue weighted by Crippen LogP contribution is 2.25. The molecule has 1 aromatic rings. The minimum atomic E-state index is -3.05. The van der Waals surface area contributed by atoms with Gasteiger partial charge in [-0.2, -0.15) is 0 Å². The van der Waals surface area contributed by atoms with E-state index in [-0.39, 0.29) is 35.9 Å². The predicted octanol–water partition coefficient (Wildman–Crippen LogP) is 0.440. The number of nitrogens with one attached hydrogen (secondary N) is 1. The highest BCUT2D eigenvalue weighted by molar-refractivity contribution is 7.91. The summed E-state index contributed by atoms with van der Waals surface area (Å²) in [5.74, 6) is -0.265. The van der Waals surface area contributed by atoms with Gasteiger partial charge in [0, 0.05) is 23.8 Å². The van der Waals surface area contributed by atoms with Crippen molar-refractivity contribution < 1.29 is 18.0 Å². The molecule has 0 radical (unpaired) electrons. The van der Waals surface area contributed by atoms with Gasteiger partial charge in [0.05, 0.1) is 17.9 Å². The van der Waals surface area contributed by atoms with E-state index in [0.29, 0.717) is 17.7 Å². The number of hydrogen-bond acceptors (Lipinski definition) is 4. The van der Waals surface area contributed by atoms with Crippen LogP contribution in [0.1, 0.15) is 22.8 Å². The van der Waals surface area contributed by atoms with E-state index in [0.717, 1.165) is 5.56 Å². The van der Waals surface area contributed by atoms with Gasteiger partial charge in [0.15, 0.2) is 9.84 Å². The molecule has 112 valence electrons. The van der Waals surface area contributed by atoms with Gasteiger partial charge in [-0.3, -0.25) is 9.59 Å². The molecule has 0 spiro atoms. The number of anilines is 1. The van der Waals surface area contributed by atoms with Crippen LogP contribution in [0.25, 0.3) is 0 Å². The van der Waals surface area contributed by atoms with Crippen LogP contribution in [0.2, 0.25) is 0 Å². The van der Waals surface area contributed by atoms with E-state index < -0.39 is 9.84 Å². The molecule has 3 rings (SSSR count). The zero-order valence-electron chi connectivity index (χ0n) is 11.6. The number of nitrogens with zero attached hydrogens (tertiary/aromatic N) is 1. The number of sulfone groups is 1. The first kappa shape index (κ1) is 14.1. The number of fused-ring (bicyclic) bond motifs is 1. The molecule has 21 heavy (non-hydrogen) atoms. The Morgan fingerprint density at radius 1 is 1.38 bits per heavy atom. The van der Waals surface area contributed by atoms with Crippen molar-refractivity contribution in [2.75, 3.05) is 23.4 Å². The van der Waals surface area contributed by atoms with Crippen LogP contribution in [0.15, 0.2) is 18.2 Å². The van der Waals surface area contributed by atoms with Crippen LogP contribution < -0.4 is 5.32 Å². The fourth-order valence-electron chi connectivity index (χ4n) is 2.81. The molecule has 7 heteroatoms. The summed E-state index contributed by atoms with van der Waals surface area (Å²) in [6.45, 7) is 1.95. The van der Waals surface area contributed by atoms with E-state index in [9.17, 15) is 18.0 Å². The lowest BCUT2D eigenvalue weighted by Crippen LogP contribution is -2.49. The van der Waals surface area contributed by atoms with E-state index in [1.54, 1.807) is 30.0 Å². The lowest BCUT2D eigenvalue weighted by atomic mass is 10.1. The molecule has 6 nitrogen and oxygen atoms in total. The van der Waals surface area contributed by atoms with Gasteiger partial charge in [-0.1, -0.05) is 6.07 Å². The van der Waals surface area contributed by atoms with Gasteiger partial charge in [-0.25, -0.2) is 8.42 Å². The summed E-state index contributed by atoms with van der Waals surface area (Å²) < 4.78 is 23.1. The maximum Gasteiger partial charge on any atom is 0.254 e. The van der Waals surface area contributed by atoms with Crippen molar-refractivity contribution in [2.45, 2.75) is 19.4 Å². The van der Waals surface area contributed by atoms with Crippen LogP contribution in [0.5, 0.6) is 0 Å². The Kier molecular flexibility index (Phi) is 3.24. The summed E-state index contributed by atoms with van der Waals surface area (Å²) in [5.41, 5.74) is 2.02. The third kappa shape index (κ3) is 2.65. The van der Waals surface area contributed by atoms with Gasteiger partial charge >= 0.3 is 0 Å². The van der Waals surface area contributed by atoms with Crippen molar-refractivity contribution in [3.63, 3.8) is 0 Å². The molecule has 2 amide bonds. The molecule has 0 saturated carbocycles. The molecule has 1 atom stereocenters. The molecule has 0 aromatic heterocycles. The summed E-state index contributed by atoms with van der Waals surface area (Å²) in [5, 5.41) is 2.71. The fraction of sp³-hybridized carbons (Fsp3) is 0.429. The van der Waals surface area contributed by atoms with E-state index in [4.69, 9.17) is 0 Å². The SMILES string of the molecule is CC1CS(=O)(=O)CCN1C(=O)c1ccc2c(c1)NC(=O)C2. The maximum atomic E-state index is 12.5. The van der Waals surface area contributed by atoms with Crippen molar-refractivity contribution in [1.82, 2.24) is 4.90 Å². The third-order valence-corrected chi connectivity index (χ3v) is 5.71. The molecule has 1 unspecified atom stereocenters. The summed E-state index contributed by atoms with van der Waals surface area (Å²) in [4.78, 5) is 25.4. The molecule has 0 bridgehead atoms.